The van der Waals surface area contributed by atoms with Crippen molar-refractivity contribution in [1.82, 2.24) is 5.73 Å². The van der Waals surface area contributed by atoms with Crippen molar-refractivity contribution >= 4 is 0 Å². The second kappa shape index (κ2) is 3.97. The summed E-state index contributed by atoms with van der Waals surface area (Å²) in [7, 11) is 0. The maximum atomic E-state index is 7.09. The standard InChI is InChI=1S/C9H18N/c1-8-2-4-9(5-3-8)6-7-10/h8-10H,2-7H2,1H3. The van der Waals surface area contributed by atoms with Crippen LogP contribution in [0.15, 0.2) is 0 Å². The molecule has 0 heterocycles. The molecule has 1 N–H and O–H groups in total. The Morgan fingerprint density at radius 3 is 2.30 bits per heavy atom. The van der Waals surface area contributed by atoms with Crippen molar-refractivity contribution in [2.24, 2.45) is 11.8 Å². The van der Waals surface area contributed by atoms with E-state index in [1.165, 1.54) is 25.7 Å². The fraction of sp³-hybridized carbons (Fsp3) is 1.00. The van der Waals surface area contributed by atoms with E-state index in [1.807, 2.05) is 0 Å². The highest BCUT2D eigenvalue weighted by molar-refractivity contribution is 4.69. The van der Waals surface area contributed by atoms with E-state index >= 15 is 0 Å². The van der Waals surface area contributed by atoms with E-state index in [0.29, 0.717) is 6.54 Å². The molecule has 1 saturated carbocycles. The van der Waals surface area contributed by atoms with Crippen molar-refractivity contribution < 1.29 is 0 Å². The second-order valence-electron chi connectivity index (χ2n) is 3.66. The van der Waals surface area contributed by atoms with Gasteiger partial charge in [-0.25, -0.2) is 0 Å². The first kappa shape index (κ1) is 8.06. The van der Waals surface area contributed by atoms with Gasteiger partial charge in [-0.3, -0.25) is 5.73 Å². The molecule has 0 atom stereocenters. The molecule has 59 valence electrons. The molecule has 1 aliphatic rings. The van der Waals surface area contributed by atoms with E-state index in [0.717, 1.165) is 18.3 Å². The molecule has 0 aromatic heterocycles. The Kier molecular flexibility index (Phi) is 3.20. The van der Waals surface area contributed by atoms with Crippen molar-refractivity contribution in [1.29, 1.82) is 0 Å². The van der Waals surface area contributed by atoms with E-state index in [9.17, 15) is 0 Å². The van der Waals surface area contributed by atoms with Gasteiger partial charge in [0.25, 0.3) is 0 Å². The second-order valence-corrected chi connectivity index (χ2v) is 3.66. The lowest BCUT2D eigenvalue weighted by atomic mass is 9.81. The minimum absolute atomic E-state index is 0.638. The molecule has 0 aromatic carbocycles. The van der Waals surface area contributed by atoms with Crippen molar-refractivity contribution in [3.05, 3.63) is 0 Å². The van der Waals surface area contributed by atoms with Gasteiger partial charge in [-0.05, 0) is 18.3 Å². The quantitative estimate of drug-likeness (QED) is 0.562. The summed E-state index contributed by atoms with van der Waals surface area (Å²) in [6.45, 7) is 2.98. The van der Waals surface area contributed by atoms with E-state index in [4.69, 9.17) is 5.73 Å². The lowest BCUT2D eigenvalue weighted by Crippen LogP contribution is -2.13. The number of hydrogen-bond donors (Lipinski definition) is 0. The number of rotatable bonds is 2. The summed E-state index contributed by atoms with van der Waals surface area (Å²) >= 11 is 0. The van der Waals surface area contributed by atoms with Gasteiger partial charge in [0.05, 0.1) is 0 Å². The number of hydrogen-bond acceptors (Lipinski definition) is 0. The highest BCUT2D eigenvalue weighted by Gasteiger charge is 2.16. The van der Waals surface area contributed by atoms with Gasteiger partial charge >= 0.3 is 0 Å². The smallest absolute Gasteiger partial charge is 0.0102 e. The third-order valence-electron chi connectivity index (χ3n) is 2.69. The first-order chi connectivity index (χ1) is 4.83. The zero-order valence-corrected chi connectivity index (χ0v) is 6.90. The third-order valence-corrected chi connectivity index (χ3v) is 2.69. The Morgan fingerprint density at radius 2 is 1.80 bits per heavy atom. The van der Waals surface area contributed by atoms with Gasteiger partial charge in [0.15, 0.2) is 0 Å². The predicted octanol–water partition coefficient (Wildman–Crippen LogP) is 2.49. The van der Waals surface area contributed by atoms with Gasteiger partial charge in [-0.1, -0.05) is 32.6 Å². The molecule has 0 amide bonds. The molecule has 10 heavy (non-hydrogen) atoms. The van der Waals surface area contributed by atoms with Gasteiger partial charge in [0.1, 0.15) is 0 Å². The molecule has 1 aliphatic carbocycles. The van der Waals surface area contributed by atoms with Gasteiger partial charge in [-0.15, -0.1) is 0 Å². The van der Waals surface area contributed by atoms with Crippen LogP contribution >= 0.6 is 0 Å². The average molecular weight is 140 g/mol. The minimum Gasteiger partial charge on any atom is -0.258 e. The molecule has 1 radical (unpaired) electrons. The van der Waals surface area contributed by atoms with Crippen molar-refractivity contribution in [3.63, 3.8) is 0 Å². The molecule has 0 spiro atoms. The number of nitrogens with one attached hydrogen (secondary N) is 1. The summed E-state index contributed by atoms with van der Waals surface area (Å²) in [6, 6.07) is 0. The van der Waals surface area contributed by atoms with Crippen LogP contribution in [0.25, 0.3) is 0 Å². The van der Waals surface area contributed by atoms with E-state index in [-0.39, 0.29) is 0 Å². The molecule has 0 aliphatic heterocycles. The minimum atomic E-state index is 0.638. The monoisotopic (exact) mass is 140 g/mol. The maximum Gasteiger partial charge on any atom is 0.0102 e. The Hall–Kier alpha value is -0.0400. The molecular formula is C9H18N. The van der Waals surface area contributed by atoms with E-state index in [1.54, 1.807) is 0 Å². The SMILES string of the molecule is CC1CCC(CC[NH])CC1. The fourth-order valence-electron chi connectivity index (χ4n) is 1.82. The maximum absolute atomic E-state index is 7.09. The summed E-state index contributed by atoms with van der Waals surface area (Å²) in [5.41, 5.74) is 7.09. The zero-order chi connectivity index (χ0) is 7.40. The Morgan fingerprint density at radius 1 is 1.20 bits per heavy atom. The Labute approximate surface area is 64.0 Å². The highest BCUT2D eigenvalue weighted by Crippen LogP contribution is 2.29. The largest absolute Gasteiger partial charge is 0.258 e. The highest BCUT2D eigenvalue weighted by atomic mass is 14.5. The molecule has 1 nitrogen and oxygen atoms in total. The first-order valence-electron chi connectivity index (χ1n) is 4.47. The van der Waals surface area contributed by atoms with Gasteiger partial charge in [-0.2, -0.15) is 0 Å². The van der Waals surface area contributed by atoms with Crippen LogP contribution < -0.4 is 5.73 Å². The third kappa shape index (κ3) is 2.30. The normalized spacial score (nSPS) is 34.2. The molecule has 0 bridgehead atoms. The topological polar surface area (TPSA) is 23.8 Å². The van der Waals surface area contributed by atoms with E-state index < -0.39 is 0 Å². The summed E-state index contributed by atoms with van der Waals surface area (Å²) < 4.78 is 0. The molecule has 1 rings (SSSR count). The van der Waals surface area contributed by atoms with Gasteiger partial charge < -0.3 is 0 Å². The predicted molar refractivity (Wildman–Crippen MR) is 43.7 cm³/mol. The van der Waals surface area contributed by atoms with Crippen LogP contribution in [-0.4, -0.2) is 6.54 Å². The van der Waals surface area contributed by atoms with E-state index in [2.05, 4.69) is 6.92 Å². The van der Waals surface area contributed by atoms with Crippen LogP contribution in [0.5, 0.6) is 0 Å². The van der Waals surface area contributed by atoms with Gasteiger partial charge in [0, 0.05) is 6.54 Å². The summed E-state index contributed by atoms with van der Waals surface area (Å²) in [4.78, 5) is 0. The van der Waals surface area contributed by atoms with Gasteiger partial charge in [0.2, 0.25) is 0 Å². The van der Waals surface area contributed by atoms with Crippen molar-refractivity contribution in [2.75, 3.05) is 6.54 Å². The molecule has 1 heteroatoms. The van der Waals surface area contributed by atoms with Crippen LogP contribution in [0, 0.1) is 11.8 Å². The lowest BCUT2D eigenvalue weighted by molar-refractivity contribution is 0.279. The van der Waals surface area contributed by atoms with Crippen LogP contribution in [0.4, 0.5) is 0 Å². The van der Waals surface area contributed by atoms with Crippen LogP contribution in [0.2, 0.25) is 0 Å². The van der Waals surface area contributed by atoms with Crippen LogP contribution in [-0.2, 0) is 0 Å². The van der Waals surface area contributed by atoms with Crippen molar-refractivity contribution in [3.8, 4) is 0 Å². The molecule has 1 fully saturated rings. The summed E-state index contributed by atoms with van der Waals surface area (Å²) in [5, 5.41) is 0. The first-order valence-corrected chi connectivity index (χ1v) is 4.47. The van der Waals surface area contributed by atoms with Crippen molar-refractivity contribution in [2.45, 2.75) is 39.0 Å². The van der Waals surface area contributed by atoms with Crippen LogP contribution in [0.3, 0.4) is 0 Å². The zero-order valence-electron chi connectivity index (χ0n) is 6.90. The summed E-state index contributed by atoms with van der Waals surface area (Å²) in [6.07, 6.45) is 6.74. The fourth-order valence-corrected chi connectivity index (χ4v) is 1.82. The molecular weight excluding hydrogens is 122 g/mol. The molecule has 0 saturated heterocycles. The summed E-state index contributed by atoms with van der Waals surface area (Å²) in [5.74, 6) is 1.86. The molecule has 0 unspecified atom stereocenters. The average Bonchev–Trinajstić information content (AvgIpc) is 1.95. The Bertz CT molecular complexity index is 82.7. The molecule has 0 aromatic rings. The van der Waals surface area contributed by atoms with Crippen LogP contribution in [0.1, 0.15) is 39.0 Å². The lowest BCUT2D eigenvalue weighted by Gasteiger charge is -2.25. The Balaban J connectivity index is 2.13.